The maximum absolute atomic E-state index is 12.9. The first-order valence-electron chi connectivity index (χ1n) is 8.86. The van der Waals surface area contributed by atoms with E-state index in [4.69, 9.17) is 4.74 Å². The molecule has 6 heteroatoms. The summed E-state index contributed by atoms with van der Waals surface area (Å²) in [4.78, 5) is 17.5. The molecule has 0 radical (unpaired) electrons. The topological polar surface area (TPSA) is 83.2 Å². The first-order valence-corrected chi connectivity index (χ1v) is 8.86. The van der Waals surface area contributed by atoms with Gasteiger partial charge in [0, 0.05) is 17.3 Å². The van der Waals surface area contributed by atoms with Gasteiger partial charge in [0.1, 0.15) is 17.4 Å². The van der Waals surface area contributed by atoms with Crippen LogP contribution >= 0.6 is 0 Å². The molecular formula is C20H20N4O2. The maximum atomic E-state index is 12.9. The molecule has 4 rings (SSSR count). The summed E-state index contributed by atoms with van der Waals surface area (Å²) >= 11 is 0. The van der Waals surface area contributed by atoms with Crippen molar-refractivity contribution in [3.05, 3.63) is 51.9 Å². The Bertz CT molecular complexity index is 1050. The molecule has 0 saturated heterocycles. The molecule has 1 fully saturated rings. The Morgan fingerprint density at radius 2 is 2.08 bits per heavy atom. The number of hydrogen-bond donors (Lipinski definition) is 1. The molecule has 26 heavy (non-hydrogen) atoms. The lowest BCUT2D eigenvalue weighted by molar-refractivity contribution is 0.300. The minimum absolute atomic E-state index is 0.00142. The average molecular weight is 348 g/mol. The normalized spacial score (nSPS) is 13.9. The molecule has 2 heterocycles. The van der Waals surface area contributed by atoms with E-state index in [9.17, 15) is 10.1 Å². The molecule has 1 aromatic carbocycles. The SMILES string of the molecule is CC(C)c1c(-c2ccc(OCC3CC3)cc2)nc2c(C#N)c[nH]n2c1=O. The van der Waals surface area contributed by atoms with Gasteiger partial charge in [-0.2, -0.15) is 5.26 Å². The molecule has 2 aromatic heterocycles. The zero-order chi connectivity index (χ0) is 18.3. The lowest BCUT2D eigenvalue weighted by Crippen LogP contribution is -2.22. The van der Waals surface area contributed by atoms with Crippen LogP contribution in [0.25, 0.3) is 16.9 Å². The third kappa shape index (κ3) is 2.86. The van der Waals surface area contributed by atoms with E-state index in [1.54, 1.807) is 0 Å². The lowest BCUT2D eigenvalue weighted by atomic mass is 9.98. The van der Waals surface area contributed by atoms with Crippen molar-refractivity contribution in [1.82, 2.24) is 14.6 Å². The summed E-state index contributed by atoms with van der Waals surface area (Å²) in [5.74, 6) is 1.52. The second-order valence-electron chi connectivity index (χ2n) is 7.07. The largest absolute Gasteiger partial charge is 0.493 e. The van der Waals surface area contributed by atoms with Gasteiger partial charge in [-0.15, -0.1) is 0 Å². The van der Waals surface area contributed by atoms with Gasteiger partial charge in [-0.05, 0) is 48.9 Å². The van der Waals surface area contributed by atoms with Gasteiger partial charge in [-0.25, -0.2) is 9.50 Å². The molecule has 0 aliphatic heterocycles. The van der Waals surface area contributed by atoms with Gasteiger partial charge in [0.05, 0.1) is 12.3 Å². The van der Waals surface area contributed by atoms with Crippen LogP contribution in [0.5, 0.6) is 5.75 Å². The number of aromatic nitrogens is 3. The molecule has 1 aliphatic rings. The van der Waals surface area contributed by atoms with Crippen molar-refractivity contribution in [1.29, 1.82) is 5.26 Å². The van der Waals surface area contributed by atoms with Crippen LogP contribution in [0.2, 0.25) is 0 Å². The van der Waals surface area contributed by atoms with Gasteiger partial charge >= 0.3 is 0 Å². The number of rotatable bonds is 5. The van der Waals surface area contributed by atoms with Gasteiger partial charge in [-0.1, -0.05) is 13.8 Å². The van der Waals surface area contributed by atoms with Crippen LogP contribution in [0.15, 0.2) is 35.3 Å². The highest BCUT2D eigenvalue weighted by atomic mass is 16.5. The Morgan fingerprint density at radius 3 is 2.69 bits per heavy atom. The Hall–Kier alpha value is -3.07. The minimum atomic E-state index is -0.171. The first-order chi connectivity index (χ1) is 12.6. The van der Waals surface area contributed by atoms with E-state index in [1.165, 1.54) is 23.6 Å². The molecule has 0 bridgehead atoms. The van der Waals surface area contributed by atoms with E-state index >= 15 is 0 Å². The number of H-pyrrole nitrogens is 1. The zero-order valence-corrected chi connectivity index (χ0v) is 14.8. The maximum Gasteiger partial charge on any atom is 0.276 e. The van der Waals surface area contributed by atoms with Gasteiger partial charge in [0.15, 0.2) is 5.65 Å². The highest BCUT2D eigenvalue weighted by Gasteiger charge is 2.22. The second-order valence-corrected chi connectivity index (χ2v) is 7.07. The van der Waals surface area contributed by atoms with Gasteiger partial charge in [-0.3, -0.25) is 9.89 Å². The number of hydrogen-bond acceptors (Lipinski definition) is 4. The highest BCUT2D eigenvalue weighted by molar-refractivity contribution is 5.68. The fourth-order valence-corrected chi connectivity index (χ4v) is 3.06. The van der Waals surface area contributed by atoms with Gasteiger partial charge < -0.3 is 4.74 Å². The van der Waals surface area contributed by atoms with Crippen LogP contribution < -0.4 is 10.3 Å². The van der Waals surface area contributed by atoms with Crippen LogP contribution in [0.4, 0.5) is 0 Å². The predicted molar refractivity (Wildman–Crippen MR) is 98.3 cm³/mol. The summed E-state index contributed by atoms with van der Waals surface area (Å²) in [7, 11) is 0. The van der Waals surface area contributed by atoms with Crippen LogP contribution in [0.3, 0.4) is 0 Å². The molecule has 0 spiro atoms. The van der Waals surface area contributed by atoms with Crippen molar-refractivity contribution in [2.75, 3.05) is 6.61 Å². The van der Waals surface area contributed by atoms with Crippen molar-refractivity contribution < 1.29 is 4.74 Å². The van der Waals surface area contributed by atoms with Crippen LogP contribution in [-0.2, 0) is 0 Å². The highest BCUT2D eigenvalue weighted by Crippen LogP contribution is 2.31. The minimum Gasteiger partial charge on any atom is -0.493 e. The molecule has 132 valence electrons. The third-order valence-electron chi connectivity index (χ3n) is 4.71. The molecule has 1 saturated carbocycles. The smallest absolute Gasteiger partial charge is 0.276 e. The summed E-state index contributed by atoms with van der Waals surface area (Å²) in [6, 6.07) is 9.74. The quantitative estimate of drug-likeness (QED) is 0.765. The second kappa shape index (κ2) is 6.34. The number of nitrogens with one attached hydrogen (secondary N) is 1. The zero-order valence-electron chi connectivity index (χ0n) is 14.8. The van der Waals surface area contributed by atoms with Crippen LogP contribution in [0.1, 0.15) is 43.7 Å². The van der Waals surface area contributed by atoms with Crippen molar-refractivity contribution in [3.63, 3.8) is 0 Å². The Morgan fingerprint density at radius 1 is 1.35 bits per heavy atom. The van der Waals surface area contributed by atoms with Crippen LogP contribution in [-0.4, -0.2) is 21.2 Å². The average Bonchev–Trinajstić information content (AvgIpc) is 3.37. The van der Waals surface area contributed by atoms with Gasteiger partial charge in [0.2, 0.25) is 0 Å². The summed E-state index contributed by atoms with van der Waals surface area (Å²) in [5.41, 5.74) is 2.62. The molecule has 0 atom stereocenters. The van der Waals surface area contributed by atoms with E-state index in [0.29, 0.717) is 28.4 Å². The lowest BCUT2D eigenvalue weighted by Gasteiger charge is -2.13. The molecule has 1 N–H and O–H groups in total. The van der Waals surface area contributed by atoms with E-state index in [2.05, 4.69) is 16.2 Å². The predicted octanol–water partition coefficient (Wildman–Crippen LogP) is 3.47. The number of aromatic amines is 1. The molecule has 0 amide bonds. The molecule has 6 nitrogen and oxygen atoms in total. The molecule has 1 aliphatic carbocycles. The van der Waals surface area contributed by atoms with Gasteiger partial charge in [0.25, 0.3) is 5.56 Å². The fraction of sp³-hybridized carbons (Fsp3) is 0.350. The van der Waals surface area contributed by atoms with Crippen LogP contribution in [0, 0.1) is 17.2 Å². The first kappa shape index (κ1) is 16.4. The third-order valence-corrected chi connectivity index (χ3v) is 4.71. The standard InChI is InChI=1S/C20H20N4O2/c1-12(2)17-18(23-19-15(9-21)10-22-24(19)20(17)25)14-5-7-16(8-6-14)26-11-13-3-4-13/h5-8,10,12-13,22H,3-4,11H2,1-2H3. The molecular weight excluding hydrogens is 328 g/mol. The monoisotopic (exact) mass is 348 g/mol. The molecule has 0 unspecified atom stereocenters. The Kier molecular flexibility index (Phi) is 4.00. The van der Waals surface area contributed by atoms with E-state index < -0.39 is 0 Å². The number of ether oxygens (including phenoxy) is 1. The van der Waals surface area contributed by atoms with Crippen molar-refractivity contribution in [2.45, 2.75) is 32.6 Å². The Labute approximate surface area is 151 Å². The fourth-order valence-electron chi connectivity index (χ4n) is 3.06. The number of nitriles is 1. The van der Waals surface area contributed by atoms with E-state index in [0.717, 1.165) is 17.9 Å². The number of fused-ring (bicyclic) bond motifs is 1. The Balaban J connectivity index is 1.80. The molecule has 3 aromatic rings. The number of benzene rings is 1. The summed E-state index contributed by atoms with van der Waals surface area (Å²) < 4.78 is 7.12. The summed E-state index contributed by atoms with van der Waals surface area (Å²) in [6.45, 7) is 4.70. The van der Waals surface area contributed by atoms with Crippen molar-refractivity contribution in [3.8, 4) is 23.1 Å². The van der Waals surface area contributed by atoms with E-state index in [1.807, 2.05) is 38.1 Å². The summed E-state index contributed by atoms with van der Waals surface area (Å²) in [5, 5.41) is 12.1. The van der Waals surface area contributed by atoms with Crippen molar-refractivity contribution >= 4 is 5.65 Å². The van der Waals surface area contributed by atoms with E-state index in [-0.39, 0.29) is 11.5 Å². The summed E-state index contributed by atoms with van der Waals surface area (Å²) in [6.07, 6.45) is 4.01. The van der Waals surface area contributed by atoms with Crippen molar-refractivity contribution in [2.24, 2.45) is 5.92 Å². The number of nitrogens with zero attached hydrogens (tertiary/aromatic N) is 3.